The van der Waals surface area contributed by atoms with Gasteiger partial charge in [0.1, 0.15) is 5.82 Å². The number of benzene rings is 1. The molecule has 0 aliphatic heterocycles. The van der Waals surface area contributed by atoms with Crippen LogP contribution >= 0.6 is 0 Å². The summed E-state index contributed by atoms with van der Waals surface area (Å²) in [7, 11) is 0. The van der Waals surface area contributed by atoms with E-state index in [1.165, 1.54) is 31.7 Å². The summed E-state index contributed by atoms with van der Waals surface area (Å²) >= 11 is 0. The quantitative estimate of drug-likeness (QED) is 0.338. The minimum Gasteiger partial charge on any atom is -0.409 e. The molecule has 3 rings (SSSR count). The Morgan fingerprint density at radius 2 is 2.24 bits per heavy atom. The van der Waals surface area contributed by atoms with Crippen molar-refractivity contribution in [2.75, 3.05) is 6.54 Å². The molecule has 1 aromatic carbocycles. The lowest BCUT2D eigenvalue weighted by molar-refractivity contribution is 0.318. The number of nitrogens with two attached hydrogens (primary N) is 1. The van der Waals surface area contributed by atoms with Crippen molar-refractivity contribution in [3.63, 3.8) is 0 Å². The fraction of sp³-hybridized carbons (Fsp3) is 0.562. The Morgan fingerprint density at radius 3 is 2.86 bits per heavy atom. The molecule has 0 spiro atoms. The van der Waals surface area contributed by atoms with Crippen LogP contribution in [0.2, 0.25) is 0 Å². The maximum atomic E-state index is 14.0. The van der Waals surface area contributed by atoms with E-state index >= 15 is 0 Å². The number of fused-ring (bicyclic) bond motifs is 2. The molecular formula is C16H22FN3O. The van der Waals surface area contributed by atoms with Crippen molar-refractivity contribution in [1.82, 2.24) is 5.32 Å². The zero-order valence-corrected chi connectivity index (χ0v) is 12.1. The van der Waals surface area contributed by atoms with Gasteiger partial charge < -0.3 is 16.3 Å². The molecule has 114 valence electrons. The van der Waals surface area contributed by atoms with Gasteiger partial charge in [-0.2, -0.15) is 0 Å². The molecule has 4 nitrogen and oxygen atoms in total. The van der Waals surface area contributed by atoms with Crippen LogP contribution in [0, 0.1) is 23.6 Å². The second-order valence-corrected chi connectivity index (χ2v) is 6.36. The Labute approximate surface area is 124 Å². The maximum absolute atomic E-state index is 14.0. The van der Waals surface area contributed by atoms with Gasteiger partial charge >= 0.3 is 0 Å². The Hall–Kier alpha value is -1.62. The molecule has 0 heterocycles. The summed E-state index contributed by atoms with van der Waals surface area (Å²) < 4.78 is 14.0. The summed E-state index contributed by atoms with van der Waals surface area (Å²) in [4.78, 5) is 0. The predicted octanol–water partition coefficient (Wildman–Crippen LogP) is 2.45. The van der Waals surface area contributed by atoms with Crippen LogP contribution in [0.15, 0.2) is 23.4 Å². The van der Waals surface area contributed by atoms with Crippen LogP contribution in [0.5, 0.6) is 0 Å². The molecule has 0 radical (unpaired) electrons. The van der Waals surface area contributed by atoms with Gasteiger partial charge in [-0.1, -0.05) is 23.7 Å². The molecule has 5 heteroatoms. The zero-order valence-electron chi connectivity index (χ0n) is 12.1. The van der Waals surface area contributed by atoms with Gasteiger partial charge in [0, 0.05) is 17.7 Å². The molecule has 2 bridgehead atoms. The first-order chi connectivity index (χ1) is 10.2. The second kappa shape index (κ2) is 6.02. The summed E-state index contributed by atoms with van der Waals surface area (Å²) in [5.74, 6) is 2.20. The Bertz CT molecular complexity index is 546. The highest BCUT2D eigenvalue weighted by Crippen LogP contribution is 2.47. The third-order valence-electron chi connectivity index (χ3n) is 5.06. The second-order valence-electron chi connectivity index (χ2n) is 6.36. The van der Waals surface area contributed by atoms with E-state index in [0.717, 1.165) is 24.3 Å². The van der Waals surface area contributed by atoms with Crippen LogP contribution < -0.4 is 11.1 Å². The number of hydrogen-bond donors (Lipinski definition) is 3. The van der Waals surface area contributed by atoms with E-state index in [4.69, 9.17) is 10.9 Å². The van der Waals surface area contributed by atoms with Crippen molar-refractivity contribution >= 4 is 5.84 Å². The fourth-order valence-corrected chi connectivity index (χ4v) is 3.93. The molecule has 1 aromatic rings. The van der Waals surface area contributed by atoms with Crippen molar-refractivity contribution in [1.29, 1.82) is 0 Å². The van der Waals surface area contributed by atoms with Crippen LogP contribution in [-0.2, 0) is 6.54 Å². The molecule has 2 aliphatic rings. The number of oxime groups is 1. The van der Waals surface area contributed by atoms with Crippen LogP contribution in [0.1, 0.15) is 36.8 Å². The lowest BCUT2D eigenvalue weighted by Crippen LogP contribution is -2.26. The van der Waals surface area contributed by atoms with Gasteiger partial charge in [-0.25, -0.2) is 4.39 Å². The fourth-order valence-electron chi connectivity index (χ4n) is 3.93. The zero-order chi connectivity index (χ0) is 14.8. The standard InChI is InChI=1S/C16H22FN3O/c17-15-7-12(16(18)20-21)3-4-13(15)8-19-9-14-6-10-1-2-11(14)5-10/h3-4,7,10-11,14,19,21H,1-2,5-6,8-9H2,(H2,18,20). The molecular weight excluding hydrogens is 269 g/mol. The van der Waals surface area contributed by atoms with Crippen molar-refractivity contribution in [2.24, 2.45) is 28.6 Å². The predicted molar refractivity (Wildman–Crippen MR) is 79.6 cm³/mol. The van der Waals surface area contributed by atoms with E-state index in [1.54, 1.807) is 12.1 Å². The smallest absolute Gasteiger partial charge is 0.170 e. The normalized spacial score (nSPS) is 28.2. The highest BCUT2D eigenvalue weighted by atomic mass is 19.1. The third kappa shape index (κ3) is 3.02. The van der Waals surface area contributed by atoms with Crippen LogP contribution in [0.4, 0.5) is 4.39 Å². The van der Waals surface area contributed by atoms with E-state index in [0.29, 0.717) is 17.7 Å². The molecule has 0 saturated heterocycles. The minimum absolute atomic E-state index is 0.0737. The molecule has 2 saturated carbocycles. The Morgan fingerprint density at radius 1 is 1.38 bits per heavy atom. The van der Waals surface area contributed by atoms with Crippen molar-refractivity contribution in [3.8, 4) is 0 Å². The number of nitrogens with zero attached hydrogens (tertiary/aromatic N) is 1. The monoisotopic (exact) mass is 291 g/mol. The first-order valence-corrected chi connectivity index (χ1v) is 7.64. The maximum Gasteiger partial charge on any atom is 0.170 e. The minimum atomic E-state index is -0.320. The SMILES string of the molecule is NC(=NO)c1ccc(CNCC2CC3CCC2C3)c(F)c1. The summed E-state index contributed by atoms with van der Waals surface area (Å²) in [6.07, 6.45) is 5.52. The Balaban J connectivity index is 1.53. The average Bonchev–Trinajstić information content (AvgIpc) is 3.10. The first-order valence-electron chi connectivity index (χ1n) is 7.64. The molecule has 4 N–H and O–H groups in total. The third-order valence-corrected chi connectivity index (χ3v) is 5.06. The van der Waals surface area contributed by atoms with Crippen LogP contribution in [0.25, 0.3) is 0 Å². The van der Waals surface area contributed by atoms with Gasteiger partial charge in [-0.15, -0.1) is 0 Å². The van der Waals surface area contributed by atoms with E-state index < -0.39 is 0 Å². The van der Waals surface area contributed by atoms with Crippen molar-refractivity contribution < 1.29 is 9.60 Å². The molecule has 3 unspecified atom stereocenters. The largest absolute Gasteiger partial charge is 0.409 e. The van der Waals surface area contributed by atoms with Crippen LogP contribution in [0.3, 0.4) is 0 Å². The highest BCUT2D eigenvalue weighted by molar-refractivity contribution is 5.97. The topological polar surface area (TPSA) is 70.6 Å². The van der Waals surface area contributed by atoms with Gasteiger partial charge in [0.2, 0.25) is 0 Å². The summed E-state index contributed by atoms with van der Waals surface area (Å²) in [6, 6.07) is 4.67. The Kier molecular flexibility index (Phi) is 4.10. The molecule has 2 aliphatic carbocycles. The number of hydrogen-bond acceptors (Lipinski definition) is 3. The number of amidine groups is 1. The number of nitrogens with one attached hydrogen (secondary N) is 1. The van der Waals surface area contributed by atoms with E-state index in [2.05, 4.69) is 10.5 Å². The molecule has 0 amide bonds. The van der Waals surface area contributed by atoms with Crippen molar-refractivity contribution in [3.05, 3.63) is 35.1 Å². The number of rotatable bonds is 5. The lowest BCUT2D eigenvalue weighted by Gasteiger charge is -2.22. The highest BCUT2D eigenvalue weighted by Gasteiger charge is 2.38. The summed E-state index contributed by atoms with van der Waals surface area (Å²) in [6.45, 7) is 1.50. The van der Waals surface area contributed by atoms with Gasteiger partial charge in [-0.05, 0) is 49.6 Å². The van der Waals surface area contributed by atoms with E-state index in [1.807, 2.05) is 0 Å². The lowest BCUT2D eigenvalue weighted by atomic mass is 9.89. The number of halogens is 1. The van der Waals surface area contributed by atoms with Gasteiger partial charge in [0.25, 0.3) is 0 Å². The molecule has 2 fully saturated rings. The first kappa shape index (κ1) is 14.3. The van der Waals surface area contributed by atoms with E-state index in [-0.39, 0.29) is 11.7 Å². The molecule has 3 atom stereocenters. The summed E-state index contributed by atoms with van der Waals surface area (Å²) in [5.41, 5.74) is 6.46. The van der Waals surface area contributed by atoms with Gasteiger partial charge in [-0.3, -0.25) is 0 Å². The molecule has 21 heavy (non-hydrogen) atoms. The average molecular weight is 291 g/mol. The van der Waals surface area contributed by atoms with E-state index in [9.17, 15) is 4.39 Å². The van der Waals surface area contributed by atoms with Gasteiger partial charge in [0.15, 0.2) is 5.84 Å². The van der Waals surface area contributed by atoms with Gasteiger partial charge in [0.05, 0.1) is 0 Å². The van der Waals surface area contributed by atoms with Crippen LogP contribution in [-0.4, -0.2) is 17.6 Å². The van der Waals surface area contributed by atoms with Crippen molar-refractivity contribution in [2.45, 2.75) is 32.2 Å². The molecule has 0 aromatic heterocycles. The summed E-state index contributed by atoms with van der Waals surface area (Å²) in [5, 5.41) is 14.9.